The van der Waals surface area contributed by atoms with Crippen molar-refractivity contribution in [3.8, 4) is 5.75 Å². The molecule has 1 fully saturated rings. The molecule has 1 atom stereocenters. The Labute approximate surface area is 132 Å². The van der Waals surface area contributed by atoms with Gasteiger partial charge in [0.2, 0.25) is 10.0 Å². The Morgan fingerprint density at radius 1 is 1.36 bits per heavy atom. The first-order valence-electron chi connectivity index (χ1n) is 7.48. The second-order valence-corrected chi connectivity index (χ2v) is 7.71. The van der Waals surface area contributed by atoms with E-state index in [2.05, 4.69) is 13.8 Å². The molecule has 1 aromatic rings. The summed E-state index contributed by atoms with van der Waals surface area (Å²) < 4.78 is 37.6. The lowest BCUT2D eigenvalue weighted by Crippen LogP contribution is -2.48. The first kappa shape index (κ1) is 17.2. The highest BCUT2D eigenvalue weighted by atomic mass is 32.2. The van der Waals surface area contributed by atoms with Crippen molar-refractivity contribution in [2.24, 2.45) is 11.7 Å². The molecule has 0 saturated carbocycles. The molecule has 22 heavy (non-hydrogen) atoms. The zero-order valence-electron chi connectivity index (χ0n) is 13.1. The summed E-state index contributed by atoms with van der Waals surface area (Å²) in [6.07, 6.45) is -0.239. The van der Waals surface area contributed by atoms with Gasteiger partial charge in [0, 0.05) is 19.6 Å². The normalized spacial score (nSPS) is 20.3. The maximum atomic E-state index is 12.6. The summed E-state index contributed by atoms with van der Waals surface area (Å²) in [5, 5.41) is 0. The Kier molecular flexibility index (Phi) is 5.80. The number of nitrogens with zero attached hydrogens (tertiary/aromatic N) is 1. The molecule has 0 bridgehead atoms. The predicted molar refractivity (Wildman–Crippen MR) is 84.3 cm³/mol. The summed E-state index contributed by atoms with van der Waals surface area (Å²) in [7, 11) is -3.51. The van der Waals surface area contributed by atoms with Crippen molar-refractivity contribution >= 4 is 10.0 Å². The van der Waals surface area contributed by atoms with E-state index >= 15 is 0 Å². The summed E-state index contributed by atoms with van der Waals surface area (Å²) in [5.74, 6) is 1.10. The van der Waals surface area contributed by atoms with Crippen LogP contribution in [0.3, 0.4) is 0 Å². The van der Waals surface area contributed by atoms with Gasteiger partial charge in [0.05, 0.1) is 24.2 Å². The molecule has 1 aliphatic heterocycles. The minimum absolute atomic E-state index is 0.239. The highest BCUT2D eigenvalue weighted by Crippen LogP contribution is 2.21. The zero-order chi connectivity index (χ0) is 16.2. The maximum absolute atomic E-state index is 12.6. The van der Waals surface area contributed by atoms with E-state index < -0.39 is 10.0 Å². The number of hydrogen-bond acceptors (Lipinski definition) is 5. The fourth-order valence-electron chi connectivity index (χ4n) is 2.17. The third-order valence-corrected chi connectivity index (χ3v) is 5.29. The number of rotatable bonds is 6. The van der Waals surface area contributed by atoms with Crippen molar-refractivity contribution in [1.29, 1.82) is 0 Å². The van der Waals surface area contributed by atoms with Crippen molar-refractivity contribution in [2.45, 2.75) is 24.8 Å². The minimum atomic E-state index is -3.51. The fourth-order valence-corrected chi connectivity index (χ4v) is 3.63. The van der Waals surface area contributed by atoms with Gasteiger partial charge in [-0.2, -0.15) is 4.31 Å². The third kappa shape index (κ3) is 4.19. The molecule has 0 aromatic heterocycles. The van der Waals surface area contributed by atoms with Crippen LogP contribution in [0, 0.1) is 5.92 Å². The monoisotopic (exact) mass is 328 g/mol. The van der Waals surface area contributed by atoms with Gasteiger partial charge in [0.1, 0.15) is 5.75 Å². The third-order valence-electron chi connectivity index (χ3n) is 3.41. The number of ether oxygens (including phenoxy) is 2. The average Bonchev–Trinajstić information content (AvgIpc) is 2.53. The molecule has 1 aliphatic rings. The Bertz CT molecular complexity index is 572. The smallest absolute Gasteiger partial charge is 0.243 e. The lowest BCUT2D eigenvalue weighted by atomic mass is 10.2. The van der Waals surface area contributed by atoms with Gasteiger partial charge in [0.15, 0.2) is 0 Å². The number of benzene rings is 1. The van der Waals surface area contributed by atoms with E-state index in [1.54, 1.807) is 24.3 Å². The Morgan fingerprint density at radius 3 is 2.64 bits per heavy atom. The molecule has 124 valence electrons. The molecule has 2 N–H and O–H groups in total. The highest BCUT2D eigenvalue weighted by Gasteiger charge is 2.30. The molecule has 2 rings (SSSR count). The van der Waals surface area contributed by atoms with Crippen molar-refractivity contribution in [1.82, 2.24) is 4.31 Å². The van der Waals surface area contributed by atoms with Gasteiger partial charge in [-0.25, -0.2) is 8.42 Å². The number of hydrogen-bond donors (Lipinski definition) is 1. The van der Waals surface area contributed by atoms with E-state index in [0.717, 1.165) is 0 Å². The molecule has 1 aromatic carbocycles. The van der Waals surface area contributed by atoms with E-state index in [1.807, 2.05) is 0 Å². The molecule has 0 spiro atoms. The lowest BCUT2D eigenvalue weighted by molar-refractivity contribution is 0.00450. The van der Waals surface area contributed by atoms with Crippen LogP contribution in [-0.4, -0.2) is 51.7 Å². The van der Waals surface area contributed by atoms with E-state index in [1.165, 1.54) is 4.31 Å². The summed E-state index contributed by atoms with van der Waals surface area (Å²) in [5.41, 5.74) is 5.56. The molecule has 1 heterocycles. The fraction of sp³-hybridized carbons (Fsp3) is 0.600. The molecule has 1 unspecified atom stereocenters. The molecule has 7 heteroatoms. The molecular weight excluding hydrogens is 304 g/mol. The first-order valence-corrected chi connectivity index (χ1v) is 8.92. The molecule has 6 nitrogen and oxygen atoms in total. The van der Waals surface area contributed by atoms with Crippen LogP contribution in [0.4, 0.5) is 0 Å². The quantitative estimate of drug-likeness (QED) is 0.845. The van der Waals surface area contributed by atoms with Crippen LogP contribution in [0.1, 0.15) is 13.8 Å². The molecule has 0 radical (unpaired) electrons. The van der Waals surface area contributed by atoms with Gasteiger partial charge in [-0.15, -0.1) is 0 Å². The van der Waals surface area contributed by atoms with Crippen LogP contribution in [0.25, 0.3) is 0 Å². The van der Waals surface area contributed by atoms with Crippen LogP contribution in [0.15, 0.2) is 29.2 Å². The van der Waals surface area contributed by atoms with Crippen LogP contribution >= 0.6 is 0 Å². The number of nitrogens with two attached hydrogens (primary N) is 1. The van der Waals surface area contributed by atoms with Crippen molar-refractivity contribution < 1.29 is 17.9 Å². The summed E-state index contributed by atoms with van der Waals surface area (Å²) in [6, 6.07) is 6.54. The molecule has 1 saturated heterocycles. The Balaban J connectivity index is 2.09. The Morgan fingerprint density at radius 2 is 2.05 bits per heavy atom. The van der Waals surface area contributed by atoms with Gasteiger partial charge < -0.3 is 15.2 Å². The number of sulfonamides is 1. The highest BCUT2D eigenvalue weighted by molar-refractivity contribution is 7.89. The SMILES string of the molecule is CC(C)COc1ccc(S(=O)(=O)N2CCOC(CN)C2)cc1. The Hall–Kier alpha value is -1.15. The topological polar surface area (TPSA) is 81.9 Å². The van der Waals surface area contributed by atoms with Crippen LogP contribution in [0.2, 0.25) is 0 Å². The lowest BCUT2D eigenvalue weighted by Gasteiger charge is -2.31. The van der Waals surface area contributed by atoms with Crippen molar-refractivity contribution in [2.75, 3.05) is 32.8 Å². The van der Waals surface area contributed by atoms with Gasteiger partial charge in [-0.1, -0.05) is 13.8 Å². The van der Waals surface area contributed by atoms with E-state index in [9.17, 15) is 8.42 Å². The van der Waals surface area contributed by atoms with Crippen LogP contribution < -0.4 is 10.5 Å². The second-order valence-electron chi connectivity index (χ2n) is 5.77. The van der Waals surface area contributed by atoms with Crippen LogP contribution in [-0.2, 0) is 14.8 Å². The van der Waals surface area contributed by atoms with Gasteiger partial charge in [-0.3, -0.25) is 0 Å². The van der Waals surface area contributed by atoms with E-state index in [-0.39, 0.29) is 11.0 Å². The summed E-state index contributed by atoms with van der Waals surface area (Å²) in [4.78, 5) is 0.266. The van der Waals surface area contributed by atoms with Gasteiger partial charge in [0.25, 0.3) is 0 Å². The predicted octanol–water partition coefficient (Wildman–Crippen LogP) is 1.07. The summed E-state index contributed by atoms with van der Waals surface area (Å²) >= 11 is 0. The van der Waals surface area contributed by atoms with Gasteiger partial charge in [-0.05, 0) is 30.2 Å². The van der Waals surface area contributed by atoms with Crippen LogP contribution in [0.5, 0.6) is 5.75 Å². The first-order chi connectivity index (χ1) is 10.4. The standard InChI is InChI=1S/C15H24N2O4S/c1-12(2)11-21-13-3-5-15(6-4-13)22(18,19)17-7-8-20-14(9-16)10-17/h3-6,12,14H,7-11,16H2,1-2H3. The maximum Gasteiger partial charge on any atom is 0.243 e. The van der Waals surface area contributed by atoms with Crippen molar-refractivity contribution in [3.63, 3.8) is 0 Å². The van der Waals surface area contributed by atoms with E-state index in [0.29, 0.717) is 44.5 Å². The number of morpholine rings is 1. The molecule has 0 amide bonds. The van der Waals surface area contributed by atoms with Gasteiger partial charge >= 0.3 is 0 Å². The largest absolute Gasteiger partial charge is 0.493 e. The van der Waals surface area contributed by atoms with E-state index in [4.69, 9.17) is 15.2 Å². The van der Waals surface area contributed by atoms with Crippen molar-refractivity contribution in [3.05, 3.63) is 24.3 Å². The molecular formula is C15H24N2O4S. The molecule has 0 aliphatic carbocycles. The zero-order valence-corrected chi connectivity index (χ0v) is 13.9. The second kappa shape index (κ2) is 7.41. The summed E-state index contributed by atoms with van der Waals surface area (Å²) in [6.45, 7) is 6.06. The minimum Gasteiger partial charge on any atom is -0.493 e. The average molecular weight is 328 g/mol.